The van der Waals surface area contributed by atoms with Crippen LogP contribution in [-0.2, 0) is 10.2 Å². The Morgan fingerprint density at radius 3 is 2.00 bits per heavy atom. The average molecular weight is 139 g/mol. The third-order valence-electron chi connectivity index (χ3n) is 0.350. The first-order valence-electron chi connectivity index (χ1n) is 1.97. The molecule has 0 aromatic heterocycles. The van der Waals surface area contributed by atoms with Crippen LogP contribution in [0.15, 0.2) is 0 Å². The molecule has 0 radical (unpaired) electrons. The molecule has 6 heteroatoms. The third kappa shape index (κ3) is 5.83. The first kappa shape index (κ1) is 7.83. The molecule has 0 saturated heterocycles. The van der Waals surface area contributed by atoms with E-state index in [1.165, 1.54) is 6.92 Å². The summed E-state index contributed by atoms with van der Waals surface area (Å²) in [5, 5.41) is 4.52. The molecule has 5 nitrogen and oxygen atoms in total. The summed E-state index contributed by atoms with van der Waals surface area (Å²) in [6.45, 7) is 1.48. The van der Waals surface area contributed by atoms with Crippen LogP contribution < -0.4 is 15.6 Å². The summed E-state index contributed by atoms with van der Waals surface area (Å²) in [5.74, 6) is 0. The van der Waals surface area contributed by atoms with Crippen LogP contribution in [0, 0.1) is 0 Å². The minimum Gasteiger partial charge on any atom is -0.315 e. The molecule has 0 aromatic rings. The lowest BCUT2D eigenvalue weighted by Crippen LogP contribution is -2.42. The normalized spacial score (nSPS) is 15.9. The van der Waals surface area contributed by atoms with E-state index < -0.39 is 16.4 Å². The number of rotatable bonds is 2. The Morgan fingerprint density at radius 2 is 2.00 bits per heavy atom. The SMILES string of the molecule is CC(N)NS(N)(=O)=O. The van der Waals surface area contributed by atoms with Crippen LogP contribution in [0.2, 0.25) is 0 Å². The van der Waals surface area contributed by atoms with Crippen molar-refractivity contribution in [3.8, 4) is 0 Å². The molecule has 50 valence electrons. The summed E-state index contributed by atoms with van der Waals surface area (Å²) in [6, 6.07) is 0. The van der Waals surface area contributed by atoms with Crippen molar-refractivity contribution in [1.29, 1.82) is 0 Å². The lowest BCUT2D eigenvalue weighted by Gasteiger charge is -2.02. The first-order valence-corrected chi connectivity index (χ1v) is 3.52. The largest absolute Gasteiger partial charge is 0.315 e. The zero-order chi connectivity index (χ0) is 6.78. The van der Waals surface area contributed by atoms with Crippen molar-refractivity contribution in [1.82, 2.24) is 4.72 Å². The Balaban J connectivity index is 3.75. The van der Waals surface area contributed by atoms with E-state index in [0.29, 0.717) is 0 Å². The molecule has 1 unspecified atom stereocenters. The highest BCUT2D eigenvalue weighted by Gasteiger charge is 2.01. The van der Waals surface area contributed by atoms with Gasteiger partial charge in [-0.15, -0.1) is 0 Å². The summed E-state index contributed by atoms with van der Waals surface area (Å²) in [4.78, 5) is 0. The highest BCUT2D eigenvalue weighted by Crippen LogP contribution is 1.68. The summed E-state index contributed by atoms with van der Waals surface area (Å²) in [6.07, 6.45) is -0.620. The van der Waals surface area contributed by atoms with Crippen molar-refractivity contribution < 1.29 is 8.42 Å². The van der Waals surface area contributed by atoms with Crippen molar-refractivity contribution in [2.45, 2.75) is 13.1 Å². The fourth-order valence-electron chi connectivity index (χ4n) is 0.259. The minimum atomic E-state index is -3.60. The lowest BCUT2D eigenvalue weighted by molar-refractivity contribution is 0.567. The molecule has 5 N–H and O–H groups in total. The van der Waals surface area contributed by atoms with Gasteiger partial charge in [-0.3, -0.25) is 0 Å². The van der Waals surface area contributed by atoms with E-state index in [1.54, 1.807) is 0 Å². The molecule has 0 aliphatic carbocycles. The van der Waals surface area contributed by atoms with Crippen LogP contribution in [0.5, 0.6) is 0 Å². The second-order valence-electron chi connectivity index (χ2n) is 1.45. The van der Waals surface area contributed by atoms with Crippen LogP contribution in [0.25, 0.3) is 0 Å². The van der Waals surface area contributed by atoms with Gasteiger partial charge in [0.05, 0.1) is 6.17 Å². The Hall–Kier alpha value is -0.170. The molecule has 0 heterocycles. The maximum Gasteiger partial charge on any atom is 0.275 e. The number of nitrogens with two attached hydrogens (primary N) is 2. The Labute approximate surface area is 48.2 Å². The number of nitrogens with one attached hydrogen (secondary N) is 1. The maximum absolute atomic E-state index is 10.0. The van der Waals surface area contributed by atoms with E-state index in [2.05, 4.69) is 5.14 Å². The van der Waals surface area contributed by atoms with Gasteiger partial charge in [-0.05, 0) is 6.92 Å². The molecule has 0 aliphatic rings. The minimum absolute atomic E-state index is 0.620. The number of hydrogen-bond acceptors (Lipinski definition) is 3. The van der Waals surface area contributed by atoms with Gasteiger partial charge in [0.2, 0.25) is 0 Å². The summed E-state index contributed by atoms with van der Waals surface area (Å²) < 4.78 is 22.0. The lowest BCUT2D eigenvalue weighted by atomic mass is 10.7. The molecular formula is C2H9N3O2S. The molecule has 0 saturated carbocycles. The summed E-state index contributed by atoms with van der Waals surface area (Å²) in [5.41, 5.74) is 5.01. The maximum atomic E-state index is 10.0. The predicted molar refractivity (Wildman–Crippen MR) is 29.9 cm³/mol. The second kappa shape index (κ2) is 2.40. The van der Waals surface area contributed by atoms with Crippen molar-refractivity contribution in [2.24, 2.45) is 10.9 Å². The fraction of sp³-hybridized carbons (Fsp3) is 1.00. The van der Waals surface area contributed by atoms with E-state index in [9.17, 15) is 8.42 Å². The van der Waals surface area contributed by atoms with E-state index in [0.717, 1.165) is 0 Å². The smallest absolute Gasteiger partial charge is 0.275 e. The fourth-order valence-corrected chi connectivity index (χ4v) is 0.777. The van der Waals surface area contributed by atoms with E-state index in [4.69, 9.17) is 5.73 Å². The van der Waals surface area contributed by atoms with Gasteiger partial charge in [0.15, 0.2) is 0 Å². The van der Waals surface area contributed by atoms with Crippen LogP contribution in [0.1, 0.15) is 6.92 Å². The van der Waals surface area contributed by atoms with Crippen molar-refractivity contribution in [3.63, 3.8) is 0 Å². The molecule has 0 spiro atoms. The van der Waals surface area contributed by atoms with Crippen molar-refractivity contribution in [3.05, 3.63) is 0 Å². The zero-order valence-electron chi connectivity index (χ0n) is 4.46. The Morgan fingerprint density at radius 1 is 1.62 bits per heavy atom. The average Bonchev–Trinajstić information content (AvgIpc) is 1.21. The van der Waals surface area contributed by atoms with E-state index in [-0.39, 0.29) is 0 Å². The van der Waals surface area contributed by atoms with Gasteiger partial charge in [0, 0.05) is 0 Å². The molecule has 0 amide bonds. The second-order valence-corrected chi connectivity index (χ2v) is 2.78. The van der Waals surface area contributed by atoms with Gasteiger partial charge < -0.3 is 5.73 Å². The van der Waals surface area contributed by atoms with Crippen LogP contribution in [0.3, 0.4) is 0 Å². The molecule has 0 aliphatic heterocycles. The molecule has 1 atom stereocenters. The van der Waals surface area contributed by atoms with Gasteiger partial charge in [-0.1, -0.05) is 0 Å². The first-order chi connectivity index (χ1) is 3.42. The van der Waals surface area contributed by atoms with Gasteiger partial charge in [0.25, 0.3) is 10.2 Å². The van der Waals surface area contributed by atoms with Gasteiger partial charge >= 0.3 is 0 Å². The van der Waals surface area contributed by atoms with Crippen molar-refractivity contribution in [2.75, 3.05) is 0 Å². The monoisotopic (exact) mass is 139 g/mol. The predicted octanol–water partition coefficient (Wildman–Crippen LogP) is -1.92. The van der Waals surface area contributed by atoms with Crippen LogP contribution in [-0.4, -0.2) is 14.6 Å². The topological polar surface area (TPSA) is 98.2 Å². The third-order valence-corrected chi connectivity index (χ3v) is 1.05. The van der Waals surface area contributed by atoms with Crippen LogP contribution >= 0.6 is 0 Å². The zero-order valence-corrected chi connectivity index (χ0v) is 5.27. The molecular weight excluding hydrogens is 130 g/mol. The highest BCUT2D eigenvalue weighted by atomic mass is 32.2. The molecule has 0 aromatic carbocycles. The van der Waals surface area contributed by atoms with Gasteiger partial charge in [-0.2, -0.15) is 13.1 Å². The highest BCUT2D eigenvalue weighted by molar-refractivity contribution is 7.87. The molecule has 0 rings (SSSR count). The van der Waals surface area contributed by atoms with E-state index >= 15 is 0 Å². The summed E-state index contributed by atoms with van der Waals surface area (Å²) in [7, 11) is -3.60. The Kier molecular flexibility index (Phi) is 2.35. The van der Waals surface area contributed by atoms with Crippen molar-refractivity contribution >= 4 is 10.2 Å². The molecule has 8 heavy (non-hydrogen) atoms. The number of hydrogen-bond donors (Lipinski definition) is 3. The van der Waals surface area contributed by atoms with E-state index in [1.807, 2.05) is 4.72 Å². The molecule has 0 fully saturated rings. The molecule has 0 bridgehead atoms. The quantitative estimate of drug-likeness (QED) is 0.389. The van der Waals surface area contributed by atoms with Gasteiger partial charge in [0.1, 0.15) is 0 Å². The Bertz CT molecular complexity index is 149. The standard InChI is InChI=1S/C2H9N3O2S/c1-2(3)5-8(4,6)7/h2,5H,3H2,1H3,(H2,4,6,7). The summed E-state index contributed by atoms with van der Waals surface area (Å²) >= 11 is 0. The van der Waals surface area contributed by atoms with Crippen LogP contribution in [0.4, 0.5) is 0 Å². The van der Waals surface area contributed by atoms with Gasteiger partial charge in [-0.25, -0.2) is 5.14 Å².